The number of hydrogen-bond donors (Lipinski definition) is 0. The largest absolute Gasteiger partial charge is 0.206 e. The van der Waals surface area contributed by atoms with Crippen molar-refractivity contribution in [1.29, 1.82) is 0 Å². The number of rotatable bonds is 3. The molecule has 0 saturated heterocycles. The predicted octanol–water partition coefficient (Wildman–Crippen LogP) is 5.93. The van der Waals surface area contributed by atoms with Gasteiger partial charge in [0.05, 0.1) is 5.38 Å². The molecule has 0 aliphatic heterocycles. The van der Waals surface area contributed by atoms with Crippen molar-refractivity contribution in [3.8, 4) is 0 Å². The third-order valence-corrected chi connectivity index (χ3v) is 5.18. The van der Waals surface area contributed by atoms with Crippen molar-refractivity contribution >= 4 is 33.7 Å². The molecule has 20 heavy (non-hydrogen) atoms. The Balaban J connectivity index is 2.17. The Bertz CT molecular complexity index is 748. The quantitative estimate of drug-likeness (QED) is 0.526. The fraction of sp³-hybridized carbons (Fsp3) is 0.176. The molecule has 0 N–H and O–H groups in total. The topological polar surface area (TPSA) is 0 Å². The average Bonchev–Trinajstić information content (AvgIpc) is 2.96. The molecule has 0 aliphatic carbocycles. The van der Waals surface area contributed by atoms with Crippen LogP contribution in [0.2, 0.25) is 0 Å². The van der Waals surface area contributed by atoms with Gasteiger partial charge in [0, 0.05) is 10.3 Å². The summed E-state index contributed by atoms with van der Waals surface area (Å²) in [6.45, 7) is 2.12. The lowest BCUT2D eigenvalue weighted by Gasteiger charge is -2.14. The molecule has 0 bridgehead atoms. The summed E-state index contributed by atoms with van der Waals surface area (Å²) in [5.74, 6) is -0.199. The first-order chi connectivity index (χ1) is 9.72. The molecular formula is C17H14ClFS. The highest BCUT2D eigenvalue weighted by atomic mass is 35.5. The molecule has 1 aromatic heterocycles. The number of fused-ring (bicyclic) bond motifs is 1. The Morgan fingerprint density at radius 3 is 2.60 bits per heavy atom. The van der Waals surface area contributed by atoms with Crippen LogP contribution in [0.1, 0.15) is 28.3 Å². The normalized spacial score (nSPS) is 12.8. The van der Waals surface area contributed by atoms with Crippen molar-refractivity contribution in [3.05, 3.63) is 69.7 Å². The van der Waals surface area contributed by atoms with E-state index in [9.17, 15) is 4.39 Å². The van der Waals surface area contributed by atoms with Gasteiger partial charge >= 0.3 is 0 Å². The molecule has 3 rings (SSSR count). The summed E-state index contributed by atoms with van der Waals surface area (Å²) in [7, 11) is 0. The minimum Gasteiger partial charge on any atom is -0.206 e. The summed E-state index contributed by atoms with van der Waals surface area (Å²) in [5, 5.41) is 3.36. The zero-order valence-corrected chi connectivity index (χ0v) is 12.6. The Morgan fingerprint density at radius 2 is 1.85 bits per heavy atom. The molecule has 2 aromatic carbocycles. The van der Waals surface area contributed by atoms with Gasteiger partial charge in [0.25, 0.3) is 0 Å². The van der Waals surface area contributed by atoms with Gasteiger partial charge in [-0.2, -0.15) is 0 Å². The van der Waals surface area contributed by atoms with E-state index in [4.69, 9.17) is 11.6 Å². The van der Waals surface area contributed by atoms with E-state index in [-0.39, 0.29) is 11.2 Å². The van der Waals surface area contributed by atoms with E-state index in [1.807, 2.05) is 18.2 Å². The first-order valence-corrected chi connectivity index (χ1v) is 7.91. The van der Waals surface area contributed by atoms with Crippen molar-refractivity contribution in [2.75, 3.05) is 0 Å². The van der Waals surface area contributed by atoms with Gasteiger partial charge in [-0.1, -0.05) is 37.3 Å². The summed E-state index contributed by atoms with van der Waals surface area (Å²) in [6.07, 6.45) is 0.960. The van der Waals surface area contributed by atoms with E-state index in [0.29, 0.717) is 5.39 Å². The first-order valence-electron chi connectivity index (χ1n) is 6.60. The summed E-state index contributed by atoms with van der Waals surface area (Å²) >= 11 is 8.34. The molecule has 0 fully saturated rings. The summed E-state index contributed by atoms with van der Waals surface area (Å²) < 4.78 is 13.9. The van der Waals surface area contributed by atoms with E-state index in [1.165, 1.54) is 11.6 Å². The molecule has 3 heteroatoms. The fourth-order valence-corrected chi connectivity index (χ4v) is 3.98. The zero-order chi connectivity index (χ0) is 14.1. The van der Waals surface area contributed by atoms with Crippen LogP contribution in [0.25, 0.3) is 10.8 Å². The van der Waals surface area contributed by atoms with Crippen LogP contribution in [0.3, 0.4) is 0 Å². The van der Waals surface area contributed by atoms with Gasteiger partial charge < -0.3 is 0 Å². The van der Waals surface area contributed by atoms with Crippen LogP contribution in [0.5, 0.6) is 0 Å². The van der Waals surface area contributed by atoms with Gasteiger partial charge in [0.1, 0.15) is 5.82 Å². The van der Waals surface area contributed by atoms with E-state index in [1.54, 1.807) is 23.5 Å². The van der Waals surface area contributed by atoms with E-state index in [0.717, 1.165) is 22.2 Å². The maximum atomic E-state index is 13.9. The van der Waals surface area contributed by atoms with Crippen LogP contribution in [-0.4, -0.2) is 0 Å². The van der Waals surface area contributed by atoms with Gasteiger partial charge in [0.2, 0.25) is 0 Å². The van der Waals surface area contributed by atoms with Crippen LogP contribution in [0.4, 0.5) is 4.39 Å². The molecule has 102 valence electrons. The third kappa shape index (κ3) is 2.23. The molecule has 3 aromatic rings. The summed E-state index contributed by atoms with van der Waals surface area (Å²) in [4.78, 5) is 1.16. The highest BCUT2D eigenvalue weighted by molar-refractivity contribution is 7.10. The lowest BCUT2D eigenvalue weighted by atomic mass is 9.99. The molecule has 0 radical (unpaired) electrons. The minimum atomic E-state index is -0.226. The maximum Gasteiger partial charge on any atom is 0.131 e. The molecule has 0 spiro atoms. The van der Waals surface area contributed by atoms with E-state index in [2.05, 4.69) is 18.4 Å². The number of aryl methyl sites for hydroxylation is 1. The van der Waals surface area contributed by atoms with Crippen LogP contribution < -0.4 is 0 Å². The lowest BCUT2D eigenvalue weighted by Crippen LogP contribution is -1.96. The summed E-state index contributed by atoms with van der Waals surface area (Å²) in [5.41, 5.74) is 2.24. The van der Waals surface area contributed by atoms with E-state index >= 15 is 0 Å². The van der Waals surface area contributed by atoms with Gasteiger partial charge in [-0.25, -0.2) is 4.39 Å². The van der Waals surface area contributed by atoms with Gasteiger partial charge in [0.15, 0.2) is 0 Å². The summed E-state index contributed by atoms with van der Waals surface area (Å²) in [6, 6.07) is 12.9. The smallest absolute Gasteiger partial charge is 0.131 e. The van der Waals surface area contributed by atoms with Gasteiger partial charge in [-0.3, -0.25) is 0 Å². The number of hydrogen-bond acceptors (Lipinski definition) is 1. The van der Waals surface area contributed by atoms with Gasteiger partial charge in [-0.15, -0.1) is 22.9 Å². The molecule has 1 heterocycles. The third-order valence-electron chi connectivity index (χ3n) is 3.57. The second-order valence-electron chi connectivity index (χ2n) is 4.71. The first kappa shape index (κ1) is 13.6. The number of thiophene rings is 1. The van der Waals surface area contributed by atoms with Crippen LogP contribution >= 0.6 is 22.9 Å². The fourth-order valence-electron chi connectivity index (χ4n) is 2.51. The van der Waals surface area contributed by atoms with Crippen LogP contribution in [-0.2, 0) is 6.42 Å². The number of halogens is 2. The average molecular weight is 305 g/mol. The van der Waals surface area contributed by atoms with Crippen LogP contribution in [0, 0.1) is 5.82 Å². The Hall–Kier alpha value is -1.38. The molecule has 0 amide bonds. The Kier molecular flexibility index (Phi) is 3.77. The van der Waals surface area contributed by atoms with Crippen LogP contribution in [0.15, 0.2) is 47.8 Å². The van der Waals surface area contributed by atoms with Crippen molar-refractivity contribution in [2.45, 2.75) is 18.7 Å². The predicted molar refractivity (Wildman–Crippen MR) is 85.3 cm³/mol. The Labute approximate surface area is 126 Å². The molecular weight excluding hydrogens is 291 g/mol. The molecule has 0 saturated carbocycles. The standard InChI is InChI=1S/C17H14ClFS/c1-2-11-9-10-20-17(11)16(18)14-7-8-15(19)13-6-4-3-5-12(13)14/h3-10,16H,2H2,1H3. The molecule has 1 atom stereocenters. The molecule has 0 aliphatic rings. The second-order valence-corrected chi connectivity index (χ2v) is 6.09. The minimum absolute atomic E-state index is 0.199. The van der Waals surface area contributed by atoms with E-state index < -0.39 is 0 Å². The lowest BCUT2D eigenvalue weighted by molar-refractivity contribution is 0.639. The molecule has 0 nitrogen and oxygen atoms in total. The number of alkyl halides is 1. The highest BCUT2D eigenvalue weighted by Gasteiger charge is 2.18. The SMILES string of the molecule is CCc1ccsc1C(Cl)c1ccc(F)c2ccccc12. The second kappa shape index (κ2) is 5.55. The van der Waals surface area contributed by atoms with Crippen molar-refractivity contribution < 1.29 is 4.39 Å². The highest BCUT2D eigenvalue weighted by Crippen LogP contribution is 2.38. The zero-order valence-electron chi connectivity index (χ0n) is 11.1. The van der Waals surface area contributed by atoms with Crippen molar-refractivity contribution in [3.63, 3.8) is 0 Å². The van der Waals surface area contributed by atoms with Crippen molar-refractivity contribution in [1.82, 2.24) is 0 Å². The monoisotopic (exact) mass is 304 g/mol. The maximum absolute atomic E-state index is 13.9. The van der Waals surface area contributed by atoms with Crippen molar-refractivity contribution in [2.24, 2.45) is 0 Å². The molecule has 1 unspecified atom stereocenters. The van der Waals surface area contributed by atoms with Gasteiger partial charge in [-0.05, 0) is 40.4 Å². The Morgan fingerprint density at radius 1 is 1.10 bits per heavy atom. The number of benzene rings is 2.